The highest BCUT2D eigenvalue weighted by Crippen LogP contribution is 2.11. The normalized spacial score (nSPS) is 9.89. The van der Waals surface area contributed by atoms with Crippen LogP contribution in [0.3, 0.4) is 0 Å². The van der Waals surface area contributed by atoms with E-state index in [1.54, 1.807) is 0 Å². The molecule has 0 atom stereocenters. The van der Waals surface area contributed by atoms with Crippen molar-refractivity contribution in [1.82, 2.24) is 0 Å². The summed E-state index contributed by atoms with van der Waals surface area (Å²) in [5.41, 5.74) is 2.07. The highest BCUT2D eigenvalue weighted by Gasteiger charge is 2.03. The summed E-state index contributed by atoms with van der Waals surface area (Å²) in [6.45, 7) is 1.95. The third-order valence-corrected chi connectivity index (χ3v) is 6.26. The predicted octanol–water partition coefficient (Wildman–Crippen LogP) is 0.240. The van der Waals surface area contributed by atoms with Gasteiger partial charge in [0.1, 0.15) is 13.1 Å². The van der Waals surface area contributed by atoms with Crippen LogP contribution in [0, 0.1) is 23.7 Å². The fourth-order valence-corrected chi connectivity index (χ4v) is 4.34. The van der Waals surface area contributed by atoms with Gasteiger partial charge in [-0.25, -0.2) is 9.13 Å². The van der Waals surface area contributed by atoms with Crippen LogP contribution in [0.5, 0.6) is 0 Å². The molecule has 0 fully saturated rings. The molecule has 0 N–H and O–H groups in total. The Morgan fingerprint density at radius 3 is 1.42 bits per heavy atom. The van der Waals surface area contributed by atoms with Crippen LogP contribution in [0.1, 0.15) is 36.8 Å². The average molecular weight is 626 g/mol. The Hall–Kier alpha value is -3.44. The van der Waals surface area contributed by atoms with E-state index < -0.39 is 0 Å². The molecule has 0 radical (unpaired) electrons. The van der Waals surface area contributed by atoms with Crippen molar-refractivity contribution in [2.75, 3.05) is 0 Å². The summed E-state index contributed by atoms with van der Waals surface area (Å²) in [6, 6.07) is 29.6. The van der Waals surface area contributed by atoms with Gasteiger partial charge in [0.05, 0.1) is 0 Å². The molecule has 5 rings (SSSR count). The van der Waals surface area contributed by atoms with Crippen molar-refractivity contribution in [3.05, 3.63) is 121 Å². The molecule has 4 heteroatoms. The Labute approximate surface area is 246 Å². The molecular formula is C34H30Br2N2. The Morgan fingerprint density at radius 1 is 0.500 bits per heavy atom. The van der Waals surface area contributed by atoms with E-state index in [9.17, 15) is 0 Å². The van der Waals surface area contributed by atoms with Gasteiger partial charge in [-0.15, -0.1) is 0 Å². The molecule has 5 aromatic rings. The number of aryl methyl sites for hydroxylation is 2. The number of pyridine rings is 2. The number of halogens is 2. The molecule has 0 saturated carbocycles. The lowest BCUT2D eigenvalue weighted by Crippen LogP contribution is -3.00. The molecule has 3 aromatic carbocycles. The first kappa shape index (κ1) is 29.1. The molecule has 2 nitrogen and oxygen atoms in total. The van der Waals surface area contributed by atoms with Gasteiger partial charge in [0.25, 0.3) is 0 Å². The average Bonchev–Trinajstić information content (AvgIpc) is 2.93. The lowest BCUT2D eigenvalue weighted by molar-refractivity contribution is -0.696. The maximum absolute atomic E-state index is 3.33. The molecule has 38 heavy (non-hydrogen) atoms. The zero-order valence-corrected chi connectivity index (χ0v) is 24.5. The quantitative estimate of drug-likeness (QED) is 0.145. The van der Waals surface area contributed by atoms with Crippen LogP contribution < -0.4 is 43.1 Å². The molecule has 0 amide bonds. The minimum atomic E-state index is 0. The van der Waals surface area contributed by atoms with E-state index in [4.69, 9.17) is 0 Å². The maximum Gasteiger partial charge on any atom is 0.176 e. The van der Waals surface area contributed by atoms with E-state index in [0.717, 1.165) is 49.9 Å². The van der Waals surface area contributed by atoms with E-state index in [1.807, 2.05) is 6.07 Å². The number of benzene rings is 3. The maximum atomic E-state index is 3.33. The number of fused-ring (bicyclic) bond motifs is 2. The minimum Gasteiger partial charge on any atom is -1.00 e. The fourth-order valence-electron chi connectivity index (χ4n) is 4.34. The molecule has 0 aliphatic heterocycles. The summed E-state index contributed by atoms with van der Waals surface area (Å²) >= 11 is 0. The third-order valence-electron chi connectivity index (χ3n) is 6.26. The van der Waals surface area contributed by atoms with Gasteiger partial charge < -0.3 is 34.0 Å². The van der Waals surface area contributed by atoms with E-state index in [-0.39, 0.29) is 34.0 Å². The number of aromatic nitrogens is 2. The largest absolute Gasteiger partial charge is 1.00 e. The van der Waals surface area contributed by atoms with Gasteiger partial charge in [0, 0.05) is 59.7 Å². The lowest BCUT2D eigenvalue weighted by Gasteiger charge is -1.98. The van der Waals surface area contributed by atoms with Crippen molar-refractivity contribution in [3.8, 4) is 23.7 Å². The number of unbranched alkanes of at least 4 members (excludes halogenated alkanes) is 2. The topological polar surface area (TPSA) is 7.76 Å². The molecule has 2 aromatic heterocycles. The summed E-state index contributed by atoms with van der Waals surface area (Å²) < 4.78 is 4.50. The third kappa shape index (κ3) is 8.29. The molecule has 190 valence electrons. The first-order valence-electron chi connectivity index (χ1n) is 12.7. The van der Waals surface area contributed by atoms with Crippen LogP contribution >= 0.6 is 0 Å². The SMILES string of the molecule is C(#Cc1cccc(C#CCCC[n+]2ccc3ccccc3c2)c1)CCC[n+]1ccc2ccccc2c1.[Br-].[Br-]. The van der Waals surface area contributed by atoms with Crippen LogP contribution in [0.25, 0.3) is 21.5 Å². The van der Waals surface area contributed by atoms with Gasteiger partial charge in [-0.2, -0.15) is 0 Å². The molecule has 0 bridgehead atoms. The molecular weight excluding hydrogens is 596 g/mol. The van der Waals surface area contributed by atoms with Crippen molar-refractivity contribution in [2.45, 2.75) is 38.8 Å². The van der Waals surface area contributed by atoms with Crippen LogP contribution in [0.4, 0.5) is 0 Å². The van der Waals surface area contributed by atoms with Crippen LogP contribution in [0.2, 0.25) is 0 Å². The molecule has 0 aliphatic carbocycles. The van der Waals surface area contributed by atoms with Gasteiger partial charge >= 0.3 is 0 Å². The summed E-state index contributed by atoms with van der Waals surface area (Å²) in [5.74, 6) is 13.3. The number of hydrogen-bond donors (Lipinski definition) is 0. The Kier molecular flexibility index (Phi) is 11.6. The van der Waals surface area contributed by atoms with Crippen molar-refractivity contribution < 1.29 is 43.1 Å². The summed E-state index contributed by atoms with van der Waals surface area (Å²) in [4.78, 5) is 0. The highest BCUT2D eigenvalue weighted by molar-refractivity contribution is 5.80. The summed E-state index contributed by atoms with van der Waals surface area (Å²) in [6.07, 6.45) is 12.5. The first-order chi connectivity index (χ1) is 17.8. The van der Waals surface area contributed by atoms with Gasteiger partial charge in [-0.05, 0) is 41.1 Å². The molecule has 0 saturated heterocycles. The van der Waals surface area contributed by atoms with Gasteiger partial charge in [0.2, 0.25) is 0 Å². The van der Waals surface area contributed by atoms with E-state index in [2.05, 4.69) is 136 Å². The zero-order chi connectivity index (χ0) is 24.4. The Bertz CT molecular complexity index is 1500. The minimum absolute atomic E-state index is 0. The summed E-state index contributed by atoms with van der Waals surface area (Å²) in [7, 11) is 0. The van der Waals surface area contributed by atoms with E-state index in [0.29, 0.717) is 0 Å². The monoisotopic (exact) mass is 624 g/mol. The zero-order valence-electron chi connectivity index (χ0n) is 21.3. The second-order valence-corrected chi connectivity index (χ2v) is 9.01. The van der Waals surface area contributed by atoms with Gasteiger partial charge in [-0.3, -0.25) is 0 Å². The van der Waals surface area contributed by atoms with Crippen molar-refractivity contribution in [3.63, 3.8) is 0 Å². The first-order valence-corrected chi connectivity index (χ1v) is 12.7. The lowest BCUT2D eigenvalue weighted by atomic mass is 10.1. The smallest absolute Gasteiger partial charge is 0.176 e. The molecule has 0 unspecified atom stereocenters. The van der Waals surface area contributed by atoms with Crippen molar-refractivity contribution >= 4 is 21.5 Å². The molecule has 0 spiro atoms. The van der Waals surface area contributed by atoms with E-state index in [1.165, 1.54) is 21.5 Å². The van der Waals surface area contributed by atoms with Crippen molar-refractivity contribution in [2.24, 2.45) is 0 Å². The second-order valence-electron chi connectivity index (χ2n) is 9.01. The molecule has 0 aliphatic rings. The van der Waals surface area contributed by atoms with Gasteiger partial charge in [-0.1, -0.05) is 66.1 Å². The Morgan fingerprint density at radius 2 is 0.947 bits per heavy atom. The number of rotatable bonds is 6. The fraction of sp³-hybridized carbons (Fsp3) is 0.176. The van der Waals surface area contributed by atoms with Gasteiger partial charge in [0.15, 0.2) is 24.8 Å². The van der Waals surface area contributed by atoms with Crippen LogP contribution in [0.15, 0.2) is 110 Å². The Balaban J connectivity index is 0.00000200. The van der Waals surface area contributed by atoms with Crippen molar-refractivity contribution in [1.29, 1.82) is 0 Å². The number of nitrogens with zero attached hydrogens (tertiary/aromatic N) is 2. The van der Waals surface area contributed by atoms with Crippen LogP contribution in [-0.4, -0.2) is 0 Å². The predicted molar refractivity (Wildman–Crippen MR) is 147 cm³/mol. The standard InChI is InChI=1S/C34H30N2.2BrH/c1(9-22-35-24-20-31-16-5-7-18-33(31)27-35)3-12-29-14-11-15-30(26-29)13-4-2-10-23-36-25-21-32-17-6-8-19-34(32)28-36;;/h5-8,11,14-21,24-28H,1-2,9-10,22-23H2;2*1H/q+2;;/p-2. The second kappa shape index (κ2) is 15.1. The van der Waals surface area contributed by atoms with Crippen LogP contribution in [-0.2, 0) is 13.1 Å². The van der Waals surface area contributed by atoms with E-state index >= 15 is 0 Å². The molecule has 2 heterocycles. The highest BCUT2D eigenvalue weighted by atomic mass is 79.9. The summed E-state index contributed by atoms with van der Waals surface area (Å²) in [5, 5.41) is 5.11. The number of hydrogen-bond acceptors (Lipinski definition) is 0.